The van der Waals surface area contributed by atoms with Gasteiger partial charge in [-0.25, -0.2) is 0 Å². The summed E-state index contributed by atoms with van der Waals surface area (Å²) in [5.74, 6) is 0.623. The summed E-state index contributed by atoms with van der Waals surface area (Å²) in [6.07, 6.45) is 6.02. The maximum absolute atomic E-state index is 12.1. The minimum atomic E-state index is 0.0240. The highest BCUT2D eigenvalue weighted by Crippen LogP contribution is 2.29. The van der Waals surface area contributed by atoms with Crippen LogP contribution in [0.2, 0.25) is 0 Å². The van der Waals surface area contributed by atoms with Gasteiger partial charge in [0.05, 0.1) is 0 Å². The zero-order valence-electron chi connectivity index (χ0n) is 11.8. The quantitative estimate of drug-likeness (QED) is 0.847. The van der Waals surface area contributed by atoms with E-state index < -0.39 is 0 Å². The summed E-state index contributed by atoms with van der Waals surface area (Å²) in [6.45, 7) is 0.628. The van der Waals surface area contributed by atoms with Crippen molar-refractivity contribution in [3.63, 3.8) is 0 Å². The van der Waals surface area contributed by atoms with E-state index in [1.54, 1.807) is 0 Å². The van der Waals surface area contributed by atoms with Gasteiger partial charge in [-0.3, -0.25) is 14.5 Å². The fourth-order valence-electron chi connectivity index (χ4n) is 3.39. The standard InChI is InChI=1S/C17H21NO2/c19-16-7-3-4-10-18(16)17(20)9-8-13-11-14-5-1-2-6-15(14)12-13/h1-2,5-6,13H,3-4,7-12H2. The Morgan fingerprint density at radius 2 is 1.85 bits per heavy atom. The highest BCUT2D eigenvalue weighted by molar-refractivity contribution is 5.95. The first kappa shape index (κ1) is 13.3. The van der Waals surface area contributed by atoms with Crippen LogP contribution in [0.1, 0.15) is 43.2 Å². The monoisotopic (exact) mass is 271 g/mol. The van der Waals surface area contributed by atoms with E-state index in [0.717, 1.165) is 32.1 Å². The van der Waals surface area contributed by atoms with Crippen LogP contribution in [0, 0.1) is 5.92 Å². The summed E-state index contributed by atoms with van der Waals surface area (Å²) in [7, 11) is 0. The fraction of sp³-hybridized carbons (Fsp3) is 0.529. The molecule has 2 amide bonds. The largest absolute Gasteiger partial charge is 0.283 e. The number of rotatable bonds is 3. The molecule has 0 radical (unpaired) electrons. The van der Waals surface area contributed by atoms with Crippen LogP contribution in [0.4, 0.5) is 0 Å². The van der Waals surface area contributed by atoms with E-state index in [1.807, 2.05) is 0 Å². The number of imide groups is 1. The van der Waals surface area contributed by atoms with Crippen molar-refractivity contribution >= 4 is 11.8 Å². The highest BCUT2D eigenvalue weighted by Gasteiger charge is 2.26. The molecule has 1 aliphatic heterocycles. The van der Waals surface area contributed by atoms with E-state index in [-0.39, 0.29) is 11.8 Å². The number of piperidine rings is 1. The third kappa shape index (κ3) is 2.77. The summed E-state index contributed by atoms with van der Waals surface area (Å²) in [4.78, 5) is 25.3. The van der Waals surface area contributed by atoms with Crippen molar-refractivity contribution in [2.75, 3.05) is 6.54 Å². The normalized spacial score (nSPS) is 19.2. The first-order valence-electron chi connectivity index (χ1n) is 7.64. The van der Waals surface area contributed by atoms with Gasteiger partial charge in [-0.2, -0.15) is 0 Å². The van der Waals surface area contributed by atoms with Crippen molar-refractivity contribution in [2.24, 2.45) is 5.92 Å². The summed E-state index contributed by atoms with van der Waals surface area (Å²) in [6, 6.07) is 8.54. The molecule has 3 nitrogen and oxygen atoms in total. The third-order valence-corrected chi connectivity index (χ3v) is 4.53. The van der Waals surface area contributed by atoms with Gasteiger partial charge < -0.3 is 0 Å². The fourth-order valence-corrected chi connectivity index (χ4v) is 3.39. The smallest absolute Gasteiger partial charge is 0.229 e. The SMILES string of the molecule is O=C1CCCCN1C(=O)CCC1Cc2ccccc2C1. The van der Waals surface area contributed by atoms with Crippen molar-refractivity contribution in [3.8, 4) is 0 Å². The van der Waals surface area contributed by atoms with Gasteiger partial charge in [0.25, 0.3) is 0 Å². The van der Waals surface area contributed by atoms with Gasteiger partial charge in [0.2, 0.25) is 11.8 Å². The van der Waals surface area contributed by atoms with Crippen molar-refractivity contribution < 1.29 is 9.59 Å². The van der Waals surface area contributed by atoms with Crippen LogP contribution in [0.15, 0.2) is 24.3 Å². The van der Waals surface area contributed by atoms with E-state index >= 15 is 0 Å². The average Bonchev–Trinajstić information content (AvgIpc) is 2.88. The second kappa shape index (κ2) is 5.78. The molecule has 1 aromatic rings. The highest BCUT2D eigenvalue weighted by atomic mass is 16.2. The Morgan fingerprint density at radius 3 is 2.50 bits per heavy atom. The van der Waals surface area contributed by atoms with Gasteiger partial charge in [-0.05, 0) is 49.1 Å². The molecule has 0 saturated carbocycles. The number of amides is 2. The van der Waals surface area contributed by atoms with Gasteiger partial charge in [-0.15, -0.1) is 0 Å². The van der Waals surface area contributed by atoms with Crippen LogP contribution in [-0.2, 0) is 22.4 Å². The van der Waals surface area contributed by atoms with Crippen molar-refractivity contribution in [2.45, 2.75) is 44.9 Å². The van der Waals surface area contributed by atoms with Crippen LogP contribution in [0.5, 0.6) is 0 Å². The molecule has 0 N–H and O–H groups in total. The third-order valence-electron chi connectivity index (χ3n) is 4.53. The molecule has 2 aliphatic rings. The number of hydrogen-bond acceptors (Lipinski definition) is 2. The van der Waals surface area contributed by atoms with E-state index in [1.165, 1.54) is 16.0 Å². The lowest BCUT2D eigenvalue weighted by Gasteiger charge is -2.25. The lowest BCUT2D eigenvalue weighted by atomic mass is 9.99. The lowest BCUT2D eigenvalue weighted by molar-refractivity contribution is -0.146. The Morgan fingerprint density at radius 1 is 1.15 bits per heavy atom. The summed E-state index contributed by atoms with van der Waals surface area (Å²) >= 11 is 0. The number of nitrogens with zero attached hydrogens (tertiary/aromatic N) is 1. The van der Waals surface area contributed by atoms with E-state index in [9.17, 15) is 9.59 Å². The van der Waals surface area contributed by atoms with Gasteiger partial charge in [-0.1, -0.05) is 24.3 Å². The van der Waals surface area contributed by atoms with Crippen LogP contribution < -0.4 is 0 Å². The number of benzene rings is 1. The second-order valence-corrected chi connectivity index (χ2v) is 5.98. The molecule has 0 unspecified atom stereocenters. The molecule has 1 heterocycles. The average molecular weight is 271 g/mol. The number of likely N-dealkylation sites (tertiary alicyclic amines) is 1. The molecule has 1 saturated heterocycles. The predicted molar refractivity (Wildman–Crippen MR) is 77.1 cm³/mol. The van der Waals surface area contributed by atoms with E-state index in [2.05, 4.69) is 24.3 Å². The van der Waals surface area contributed by atoms with Crippen LogP contribution in [0.25, 0.3) is 0 Å². The van der Waals surface area contributed by atoms with Crippen molar-refractivity contribution in [1.29, 1.82) is 0 Å². The van der Waals surface area contributed by atoms with Gasteiger partial charge in [0.15, 0.2) is 0 Å². The van der Waals surface area contributed by atoms with Crippen LogP contribution >= 0.6 is 0 Å². The first-order chi connectivity index (χ1) is 9.74. The number of carbonyl (C=O) groups excluding carboxylic acids is 2. The summed E-state index contributed by atoms with van der Waals surface area (Å²) in [5, 5.41) is 0. The molecule has 3 heteroatoms. The lowest BCUT2D eigenvalue weighted by Crippen LogP contribution is -2.40. The molecule has 3 rings (SSSR count). The first-order valence-corrected chi connectivity index (χ1v) is 7.64. The number of carbonyl (C=O) groups is 2. The molecule has 0 bridgehead atoms. The maximum atomic E-state index is 12.1. The molecule has 1 aromatic carbocycles. The molecule has 1 aliphatic carbocycles. The van der Waals surface area contributed by atoms with E-state index in [0.29, 0.717) is 25.3 Å². The molecule has 0 aromatic heterocycles. The molecular weight excluding hydrogens is 250 g/mol. The van der Waals surface area contributed by atoms with Gasteiger partial charge in [0, 0.05) is 19.4 Å². The van der Waals surface area contributed by atoms with Crippen molar-refractivity contribution in [1.82, 2.24) is 4.90 Å². The Hall–Kier alpha value is -1.64. The molecule has 0 spiro atoms. The molecule has 106 valence electrons. The summed E-state index contributed by atoms with van der Waals surface area (Å²) in [5.41, 5.74) is 2.86. The Balaban J connectivity index is 1.51. The zero-order chi connectivity index (χ0) is 13.9. The van der Waals surface area contributed by atoms with Gasteiger partial charge >= 0.3 is 0 Å². The van der Waals surface area contributed by atoms with Crippen LogP contribution in [-0.4, -0.2) is 23.3 Å². The van der Waals surface area contributed by atoms with E-state index in [4.69, 9.17) is 0 Å². The number of fused-ring (bicyclic) bond motifs is 1. The molecule has 0 atom stereocenters. The van der Waals surface area contributed by atoms with Crippen LogP contribution in [0.3, 0.4) is 0 Å². The molecule has 1 fully saturated rings. The summed E-state index contributed by atoms with van der Waals surface area (Å²) < 4.78 is 0. The van der Waals surface area contributed by atoms with Gasteiger partial charge in [0.1, 0.15) is 0 Å². The molecular formula is C17H21NO2. The Kier molecular flexibility index (Phi) is 3.86. The van der Waals surface area contributed by atoms with Crippen molar-refractivity contribution in [3.05, 3.63) is 35.4 Å². The minimum Gasteiger partial charge on any atom is -0.283 e. The topological polar surface area (TPSA) is 37.4 Å². The minimum absolute atomic E-state index is 0.0240. The Labute approximate surface area is 120 Å². The maximum Gasteiger partial charge on any atom is 0.229 e. The molecule has 20 heavy (non-hydrogen) atoms. The second-order valence-electron chi connectivity index (χ2n) is 5.98. The Bertz CT molecular complexity index is 498. The number of hydrogen-bond donors (Lipinski definition) is 0. The zero-order valence-corrected chi connectivity index (χ0v) is 11.8. The predicted octanol–water partition coefficient (Wildman–Crippen LogP) is 2.72.